The van der Waals surface area contributed by atoms with Crippen molar-refractivity contribution in [2.24, 2.45) is 0 Å². The van der Waals surface area contributed by atoms with E-state index >= 15 is 0 Å². The van der Waals surface area contributed by atoms with Crippen molar-refractivity contribution in [2.75, 3.05) is 0 Å². The van der Waals surface area contributed by atoms with E-state index in [9.17, 15) is 9.90 Å². The van der Waals surface area contributed by atoms with Gasteiger partial charge in [0.25, 0.3) is 0 Å². The molecule has 0 heterocycles. The molecule has 0 saturated heterocycles. The van der Waals surface area contributed by atoms with Gasteiger partial charge in [-0.3, -0.25) is 4.79 Å². The second kappa shape index (κ2) is 1.78. The van der Waals surface area contributed by atoms with Crippen LogP contribution in [0, 0.1) is 0 Å². The van der Waals surface area contributed by atoms with Gasteiger partial charge < -0.3 is 10.4 Å². The van der Waals surface area contributed by atoms with Gasteiger partial charge in [0.05, 0.1) is 5.60 Å². The van der Waals surface area contributed by atoms with Gasteiger partial charge in [-0.15, -0.1) is 0 Å². The summed E-state index contributed by atoms with van der Waals surface area (Å²) >= 11 is 0. The quantitative estimate of drug-likeness (QED) is 0.567. The fourth-order valence-electron chi connectivity index (χ4n) is 2.56. The lowest BCUT2D eigenvalue weighted by molar-refractivity contribution is -0.124. The molecule has 2 N–H and O–H groups in total. The number of aliphatic hydroxyl groups is 1. The molecule has 3 aliphatic carbocycles. The minimum Gasteiger partial charge on any atom is -0.390 e. The number of rotatable bonds is 1. The van der Waals surface area contributed by atoms with Crippen molar-refractivity contribution < 1.29 is 9.90 Å². The summed E-state index contributed by atoms with van der Waals surface area (Å²) in [5.41, 5.74) is -0.455. The van der Waals surface area contributed by atoms with Crippen molar-refractivity contribution in [2.45, 2.75) is 43.7 Å². The number of hydrogen-bond donors (Lipinski definition) is 2. The molecule has 2 bridgehead atoms. The number of nitrogens with one attached hydrogen (secondary N) is 1. The Morgan fingerprint density at radius 1 is 1.45 bits per heavy atom. The average molecular weight is 155 g/mol. The molecule has 3 fully saturated rings. The Labute approximate surface area is 65.8 Å². The molecule has 0 aliphatic heterocycles. The lowest BCUT2D eigenvalue weighted by Gasteiger charge is -2.44. The largest absolute Gasteiger partial charge is 0.390 e. The standard InChI is InChI=1S/C8H13NO2/c1-6(10)9-7-2-3-8(11,4-7)5-7/h11H,2-5H2,1H3,(H,9,10). The highest BCUT2D eigenvalue weighted by Crippen LogP contribution is 2.54. The first-order chi connectivity index (χ1) is 5.04. The van der Waals surface area contributed by atoms with E-state index in [4.69, 9.17) is 0 Å². The molecule has 0 atom stereocenters. The minimum atomic E-state index is -0.428. The van der Waals surface area contributed by atoms with Crippen LogP contribution in [-0.2, 0) is 4.79 Å². The zero-order valence-corrected chi connectivity index (χ0v) is 6.68. The van der Waals surface area contributed by atoms with Gasteiger partial charge in [0.15, 0.2) is 0 Å². The molecule has 0 aromatic carbocycles. The Hall–Kier alpha value is -0.570. The lowest BCUT2D eigenvalue weighted by Crippen LogP contribution is -2.57. The highest BCUT2D eigenvalue weighted by molar-refractivity contribution is 5.74. The Morgan fingerprint density at radius 3 is 2.45 bits per heavy atom. The van der Waals surface area contributed by atoms with Crippen molar-refractivity contribution in [1.29, 1.82) is 0 Å². The zero-order valence-electron chi connectivity index (χ0n) is 6.68. The maximum absolute atomic E-state index is 10.7. The van der Waals surface area contributed by atoms with Gasteiger partial charge in [-0.2, -0.15) is 0 Å². The van der Waals surface area contributed by atoms with Crippen LogP contribution in [0.4, 0.5) is 0 Å². The highest BCUT2D eigenvalue weighted by Gasteiger charge is 2.60. The van der Waals surface area contributed by atoms with Crippen LogP contribution in [-0.4, -0.2) is 22.2 Å². The normalized spacial score (nSPS) is 46.7. The SMILES string of the molecule is CC(=O)NC12CCC(O)(C1)C2. The maximum Gasteiger partial charge on any atom is 0.217 e. The topological polar surface area (TPSA) is 49.3 Å². The molecule has 1 amide bonds. The van der Waals surface area contributed by atoms with E-state index in [1.165, 1.54) is 6.92 Å². The molecule has 0 aromatic rings. The monoisotopic (exact) mass is 155 g/mol. The summed E-state index contributed by atoms with van der Waals surface area (Å²) in [7, 11) is 0. The summed E-state index contributed by atoms with van der Waals surface area (Å²) in [5.74, 6) is 0.0222. The molecule has 3 rings (SSSR count). The van der Waals surface area contributed by atoms with Gasteiger partial charge in [0, 0.05) is 12.5 Å². The molecular formula is C8H13NO2. The maximum atomic E-state index is 10.7. The van der Waals surface area contributed by atoms with E-state index in [0.29, 0.717) is 0 Å². The van der Waals surface area contributed by atoms with Crippen LogP contribution in [0.5, 0.6) is 0 Å². The van der Waals surface area contributed by atoms with E-state index < -0.39 is 5.60 Å². The molecule has 3 saturated carbocycles. The highest BCUT2D eigenvalue weighted by atomic mass is 16.3. The molecule has 0 spiro atoms. The molecule has 0 aromatic heterocycles. The molecule has 3 heteroatoms. The van der Waals surface area contributed by atoms with Crippen LogP contribution in [0.3, 0.4) is 0 Å². The van der Waals surface area contributed by atoms with Gasteiger partial charge in [0.1, 0.15) is 0 Å². The third-order valence-corrected chi connectivity index (χ3v) is 2.84. The molecular weight excluding hydrogens is 142 g/mol. The third-order valence-electron chi connectivity index (χ3n) is 2.84. The van der Waals surface area contributed by atoms with E-state index in [1.54, 1.807) is 0 Å². The first-order valence-corrected chi connectivity index (χ1v) is 4.05. The minimum absolute atomic E-state index is 0.0222. The molecule has 0 unspecified atom stereocenters. The fraction of sp³-hybridized carbons (Fsp3) is 0.875. The van der Waals surface area contributed by atoms with Gasteiger partial charge in [-0.25, -0.2) is 0 Å². The van der Waals surface area contributed by atoms with Crippen LogP contribution in [0.2, 0.25) is 0 Å². The average Bonchev–Trinajstić information content (AvgIpc) is 2.17. The number of amides is 1. The van der Waals surface area contributed by atoms with Crippen LogP contribution in [0.15, 0.2) is 0 Å². The fourth-order valence-corrected chi connectivity index (χ4v) is 2.56. The lowest BCUT2D eigenvalue weighted by atomic mass is 9.73. The smallest absolute Gasteiger partial charge is 0.217 e. The van der Waals surface area contributed by atoms with Crippen LogP contribution >= 0.6 is 0 Å². The number of carbonyl (C=O) groups excluding carboxylic acids is 1. The van der Waals surface area contributed by atoms with Crippen LogP contribution in [0.1, 0.15) is 32.6 Å². The Kier molecular flexibility index (Phi) is 1.15. The van der Waals surface area contributed by atoms with Crippen molar-refractivity contribution >= 4 is 5.91 Å². The summed E-state index contributed by atoms with van der Waals surface area (Å²) in [4.78, 5) is 10.7. The van der Waals surface area contributed by atoms with Gasteiger partial charge >= 0.3 is 0 Å². The second-order valence-corrected chi connectivity index (χ2v) is 4.04. The summed E-state index contributed by atoms with van der Waals surface area (Å²) < 4.78 is 0. The predicted octanol–water partition coefficient (Wildman–Crippen LogP) is 0.180. The van der Waals surface area contributed by atoms with Crippen LogP contribution in [0.25, 0.3) is 0 Å². The van der Waals surface area contributed by atoms with Gasteiger partial charge in [-0.1, -0.05) is 0 Å². The summed E-state index contributed by atoms with van der Waals surface area (Å²) in [6, 6.07) is 0. The van der Waals surface area contributed by atoms with Gasteiger partial charge in [-0.05, 0) is 25.7 Å². The zero-order chi connectivity index (χ0) is 8.11. The second-order valence-electron chi connectivity index (χ2n) is 4.04. The van der Waals surface area contributed by atoms with Gasteiger partial charge in [0.2, 0.25) is 5.91 Å². The van der Waals surface area contributed by atoms with Crippen molar-refractivity contribution in [3.8, 4) is 0 Å². The summed E-state index contributed by atoms with van der Waals surface area (Å²) in [6.45, 7) is 1.53. The van der Waals surface area contributed by atoms with Crippen molar-refractivity contribution in [3.63, 3.8) is 0 Å². The number of hydrogen-bond acceptors (Lipinski definition) is 2. The van der Waals surface area contributed by atoms with E-state index in [-0.39, 0.29) is 11.4 Å². The van der Waals surface area contributed by atoms with Crippen LogP contribution < -0.4 is 5.32 Å². The number of carbonyl (C=O) groups is 1. The molecule has 62 valence electrons. The first-order valence-electron chi connectivity index (χ1n) is 4.05. The molecule has 3 nitrogen and oxygen atoms in total. The van der Waals surface area contributed by atoms with E-state index in [1.807, 2.05) is 0 Å². The van der Waals surface area contributed by atoms with Crippen molar-refractivity contribution in [1.82, 2.24) is 5.32 Å². The Balaban J connectivity index is 2.02. The van der Waals surface area contributed by atoms with Crippen molar-refractivity contribution in [3.05, 3.63) is 0 Å². The third kappa shape index (κ3) is 0.948. The Morgan fingerprint density at radius 2 is 2.09 bits per heavy atom. The molecule has 0 radical (unpaired) electrons. The molecule has 3 aliphatic rings. The van der Waals surface area contributed by atoms with E-state index in [2.05, 4.69) is 5.32 Å². The Bertz CT molecular complexity index is 206. The first kappa shape index (κ1) is 7.10. The summed E-state index contributed by atoms with van der Waals surface area (Å²) in [6.07, 6.45) is 3.33. The number of fused-ring (bicyclic) bond motifs is 1. The predicted molar refractivity (Wildman–Crippen MR) is 40.0 cm³/mol. The summed E-state index contributed by atoms with van der Waals surface area (Å²) in [5, 5.41) is 12.5. The van der Waals surface area contributed by atoms with E-state index in [0.717, 1.165) is 25.7 Å². The molecule has 11 heavy (non-hydrogen) atoms.